The number of piperidine rings is 1. The summed E-state index contributed by atoms with van der Waals surface area (Å²) in [6.07, 6.45) is 3.26. The largest absolute Gasteiger partial charge is 0.493 e. The molecule has 0 saturated carbocycles. The lowest BCUT2D eigenvalue weighted by Gasteiger charge is -2.32. The molecule has 1 fully saturated rings. The van der Waals surface area contributed by atoms with E-state index in [1.807, 2.05) is 6.92 Å². The van der Waals surface area contributed by atoms with Crippen molar-refractivity contribution in [2.24, 2.45) is 5.92 Å². The zero-order valence-corrected chi connectivity index (χ0v) is 16.8. The van der Waals surface area contributed by atoms with E-state index in [1.165, 1.54) is 11.1 Å². The summed E-state index contributed by atoms with van der Waals surface area (Å²) in [5, 5.41) is 2.87. The van der Waals surface area contributed by atoms with Gasteiger partial charge in [-0.05, 0) is 75.4 Å². The first-order chi connectivity index (χ1) is 13.0. The predicted octanol–water partition coefficient (Wildman–Crippen LogP) is 2.81. The van der Waals surface area contributed by atoms with Gasteiger partial charge in [0.05, 0.1) is 13.2 Å². The minimum atomic E-state index is 0.130. The average Bonchev–Trinajstić information content (AvgIpc) is 2.67. The molecule has 1 saturated heterocycles. The molecule has 5 heteroatoms. The number of nitrogens with zero attached hydrogens (tertiary/aromatic N) is 2. The summed E-state index contributed by atoms with van der Waals surface area (Å²) in [6, 6.07) is 6.53. The smallest absolute Gasteiger partial charge is 0.234 e. The summed E-state index contributed by atoms with van der Waals surface area (Å²) < 4.78 is 6.12. The highest BCUT2D eigenvalue weighted by Gasteiger charge is 2.22. The number of amides is 1. The minimum Gasteiger partial charge on any atom is -0.493 e. The molecule has 0 atom stereocenters. The third-order valence-corrected chi connectivity index (χ3v) is 5.66. The van der Waals surface area contributed by atoms with Crippen LogP contribution in [0.3, 0.4) is 0 Å². The number of carbonyl (C=O) groups is 1. The lowest BCUT2D eigenvalue weighted by Crippen LogP contribution is -2.42. The Bertz CT molecular complexity index is 666. The van der Waals surface area contributed by atoms with Gasteiger partial charge in [0.15, 0.2) is 0 Å². The number of allylic oxidation sites excluding steroid dienone is 1. The van der Waals surface area contributed by atoms with Gasteiger partial charge in [0.2, 0.25) is 5.91 Å². The van der Waals surface area contributed by atoms with E-state index < -0.39 is 0 Å². The molecule has 1 amide bonds. The van der Waals surface area contributed by atoms with Crippen LogP contribution in [-0.2, 0) is 17.8 Å². The molecule has 2 heterocycles. The van der Waals surface area contributed by atoms with Crippen molar-refractivity contribution >= 4 is 5.91 Å². The standard InChI is InChI=1S/C22H33N3O2/c1-4-23-22(26)15-24-10-7-18(8-11-24)16-27-21-6-5-19-9-12-25(17(2)3)14-20(19)13-21/h5-6,13,18H,2,4,7-12,14-16H2,1,3H3,(H,23,26). The van der Waals surface area contributed by atoms with Crippen LogP contribution >= 0.6 is 0 Å². The number of hydrogen-bond acceptors (Lipinski definition) is 4. The molecule has 0 bridgehead atoms. The molecular formula is C22H33N3O2. The molecule has 0 aliphatic carbocycles. The third kappa shape index (κ3) is 5.48. The highest BCUT2D eigenvalue weighted by Crippen LogP contribution is 2.26. The Hall–Kier alpha value is -2.01. The molecule has 27 heavy (non-hydrogen) atoms. The Balaban J connectivity index is 1.45. The Morgan fingerprint density at radius 3 is 2.74 bits per heavy atom. The summed E-state index contributed by atoms with van der Waals surface area (Å²) in [5.74, 6) is 1.67. The van der Waals surface area contributed by atoms with Crippen molar-refractivity contribution in [2.45, 2.75) is 39.7 Å². The van der Waals surface area contributed by atoms with Gasteiger partial charge in [-0.2, -0.15) is 0 Å². The normalized spacial score (nSPS) is 18.1. The zero-order valence-electron chi connectivity index (χ0n) is 16.8. The van der Waals surface area contributed by atoms with Crippen LogP contribution in [-0.4, -0.2) is 55.0 Å². The average molecular weight is 372 g/mol. The molecule has 1 aromatic rings. The first kappa shape index (κ1) is 19.7. The van der Waals surface area contributed by atoms with Crippen LogP contribution < -0.4 is 10.1 Å². The van der Waals surface area contributed by atoms with Crippen LogP contribution in [0.2, 0.25) is 0 Å². The molecule has 5 nitrogen and oxygen atoms in total. The summed E-state index contributed by atoms with van der Waals surface area (Å²) in [7, 11) is 0. The van der Waals surface area contributed by atoms with Crippen molar-refractivity contribution in [3.05, 3.63) is 41.6 Å². The number of fused-ring (bicyclic) bond motifs is 1. The molecular weight excluding hydrogens is 338 g/mol. The topological polar surface area (TPSA) is 44.8 Å². The maximum absolute atomic E-state index is 11.7. The van der Waals surface area contributed by atoms with E-state index in [4.69, 9.17) is 4.74 Å². The molecule has 1 N–H and O–H groups in total. The van der Waals surface area contributed by atoms with E-state index in [-0.39, 0.29) is 5.91 Å². The van der Waals surface area contributed by atoms with Gasteiger partial charge >= 0.3 is 0 Å². The molecule has 3 rings (SSSR count). The van der Waals surface area contributed by atoms with Crippen molar-refractivity contribution < 1.29 is 9.53 Å². The second kappa shape index (κ2) is 9.27. The number of hydrogen-bond donors (Lipinski definition) is 1. The zero-order chi connectivity index (χ0) is 19.2. The first-order valence-corrected chi connectivity index (χ1v) is 10.2. The van der Waals surface area contributed by atoms with Gasteiger partial charge in [-0.3, -0.25) is 9.69 Å². The summed E-state index contributed by atoms with van der Waals surface area (Å²) in [4.78, 5) is 16.3. The first-order valence-electron chi connectivity index (χ1n) is 10.2. The highest BCUT2D eigenvalue weighted by molar-refractivity contribution is 5.77. The van der Waals surface area contributed by atoms with E-state index in [9.17, 15) is 4.79 Å². The van der Waals surface area contributed by atoms with Crippen LogP contribution in [0.25, 0.3) is 0 Å². The van der Waals surface area contributed by atoms with E-state index in [1.54, 1.807) is 0 Å². The number of benzene rings is 1. The van der Waals surface area contributed by atoms with E-state index in [0.29, 0.717) is 19.0 Å². The van der Waals surface area contributed by atoms with Crippen molar-refractivity contribution in [1.82, 2.24) is 15.1 Å². The molecule has 0 spiro atoms. The molecule has 0 unspecified atom stereocenters. The van der Waals surface area contributed by atoms with Crippen LogP contribution in [0.4, 0.5) is 0 Å². The van der Waals surface area contributed by atoms with Gasteiger partial charge in [-0.1, -0.05) is 12.6 Å². The molecule has 2 aliphatic heterocycles. The maximum Gasteiger partial charge on any atom is 0.234 e. The van der Waals surface area contributed by atoms with Crippen LogP contribution in [0.1, 0.15) is 37.8 Å². The minimum absolute atomic E-state index is 0.130. The Kier molecular flexibility index (Phi) is 6.78. The van der Waals surface area contributed by atoms with Crippen LogP contribution in [0.15, 0.2) is 30.5 Å². The number of rotatable bonds is 7. The molecule has 0 aromatic heterocycles. The lowest BCUT2D eigenvalue weighted by molar-refractivity contribution is -0.122. The van der Waals surface area contributed by atoms with E-state index in [2.05, 4.69) is 46.8 Å². The number of likely N-dealkylation sites (tertiary alicyclic amines) is 1. The number of ether oxygens (including phenoxy) is 1. The van der Waals surface area contributed by atoms with Crippen LogP contribution in [0, 0.1) is 5.92 Å². The second-order valence-corrected chi connectivity index (χ2v) is 7.82. The van der Waals surface area contributed by atoms with E-state index >= 15 is 0 Å². The second-order valence-electron chi connectivity index (χ2n) is 7.82. The summed E-state index contributed by atoms with van der Waals surface area (Å²) in [5.41, 5.74) is 3.92. The van der Waals surface area contributed by atoms with Gasteiger partial charge in [0.25, 0.3) is 0 Å². The Morgan fingerprint density at radius 2 is 2.04 bits per heavy atom. The fourth-order valence-electron chi connectivity index (χ4n) is 3.93. The molecule has 148 valence electrons. The molecule has 0 radical (unpaired) electrons. The fraction of sp³-hybridized carbons (Fsp3) is 0.591. The van der Waals surface area contributed by atoms with Crippen LogP contribution in [0.5, 0.6) is 5.75 Å². The van der Waals surface area contributed by atoms with Gasteiger partial charge in [0.1, 0.15) is 5.75 Å². The van der Waals surface area contributed by atoms with Gasteiger partial charge in [-0.15, -0.1) is 0 Å². The van der Waals surface area contributed by atoms with Crippen molar-refractivity contribution in [3.63, 3.8) is 0 Å². The summed E-state index contributed by atoms with van der Waals surface area (Å²) >= 11 is 0. The SMILES string of the molecule is C=C(C)N1CCc2ccc(OCC3CCN(CC(=O)NCC)CC3)cc2C1. The number of likely N-dealkylation sites (N-methyl/N-ethyl adjacent to an activating group) is 1. The molecule has 1 aromatic carbocycles. The Labute approximate surface area is 163 Å². The Morgan fingerprint density at radius 1 is 1.26 bits per heavy atom. The monoisotopic (exact) mass is 371 g/mol. The van der Waals surface area contributed by atoms with Gasteiger partial charge in [0, 0.05) is 25.3 Å². The third-order valence-electron chi connectivity index (χ3n) is 5.66. The van der Waals surface area contributed by atoms with Gasteiger partial charge in [-0.25, -0.2) is 0 Å². The quantitative estimate of drug-likeness (QED) is 0.801. The predicted molar refractivity (Wildman–Crippen MR) is 109 cm³/mol. The number of nitrogens with one attached hydrogen (secondary N) is 1. The van der Waals surface area contributed by atoms with Crippen molar-refractivity contribution in [2.75, 3.05) is 39.3 Å². The highest BCUT2D eigenvalue weighted by atomic mass is 16.5. The van der Waals surface area contributed by atoms with Crippen molar-refractivity contribution in [3.8, 4) is 5.75 Å². The van der Waals surface area contributed by atoms with Crippen molar-refractivity contribution in [1.29, 1.82) is 0 Å². The number of carbonyl (C=O) groups excluding carboxylic acids is 1. The molecule has 2 aliphatic rings. The maximum atomic E-state index is 11.7. The van der Waals surface area contributed by atoms with Gasteiger partial charge < -0.3 is 15.0 Å². The van der Waals surface area contributed by atoms with E-state index in [0.717, 1.165) is 63.5 Å². The lowest BCUT2D eigenvalue weighted by atomic mass is 9.97. The summed E-state index contributed by atoms with van der Waals surface area (Å²) in [6.45, 7) is 14.0. The fourth-order valence-corrected chi connectivity index (χ4v) is 3.93.